The average molecular weight is 409 g/mol. The number of halogens is 1. The molecule has 1 aliphatic heterocycles. The van der Waals surface area contributed by atoms with Gasteiger partial charge in [0, 0.05) is 30.6 Å². The summed E-state index contributed by atoms with van der Waals surface area (Å²) in [4.78, 5) is 19.2. The van der Waals surface area contributed by atoms with Crippen molar-refractivity contribution in [1.82, 2.24) is 15.0 Å². The minimum absolute atomic E-state index is 0.129. The third kappa shape index (κ3) is 4.20. The topological polar surface area (TPSA) is 68.5 Å². The monoisotopic (exact) mass is 409 g/mol. The van der Waals surface area contributed by atoms with Crippen molar-refractivity contribution < 1.29 is 18.4 Å². The van der Waals surface area contributed by atoms with Gasteiger partial charge in [0.1, 0.15) is 0 Å². The smallest absolute Gasteiger partial charge is 0.253 e. The fraction of sp³-hybridized carbons (Fsp3) is 0.348. The molecule has 0 radical (unpaired) electrons. The highest BCUT2D eigenvalue weighted by atomic mass is 19.1. The normalized spacial score (nSPS) is 16.5. The Morgan fingerprint density at radius 1 is 1.30 bits per heavy atom. The van der Waals surface area contributed by atoms with Crippen molar-refractivity contribution in [3.05, 3.63) is 65.3 Å². The summed E-state index contributed by atoms with van der Waals surface area (Å²) in [6.07, 6.45) is 2.47. The number of likely N-dealkylation sites (tertiary alicyclic amines) is 1. The van der Waals surface area contributed by atoms with Gasteiger partial charge in [0.25, 0.3) is 5.91 Å². The Morgan fingerprint density at radius 3 is 2.90 bits per heavy atom. The van der Waals surface area contributed by atoms with Crippen molar-refractivity contribution in [2.45, 2.75) is 26.2 Å². The number of nitrogens with zero attached hydrogens (tertiary/aromatic N) is 3. The van der Waals surface area contributed by atoms with E-state index >= 15 is 0 Å². The van der Waals surface area contributed by atoms with E-state index in [-0.39, 0.29) is 17.6 Å². The maximum Gasteiger partial charge on any atom is 0.253 e. The maximum atomic E-state index is 14.0. The van der Waals surface area contributed by atoms with E-state index in [1.807, 2.05) is 31.2 Å². The molecule has 1 saturated heterocycles. The molecular formula is C23H24FN3O3. The van der Waals surface area contributed by atoms with E-state index in [1.165, 1.54) is 19.2 Å². The SMILES string of the molecule is COc1ccc(C(=O)N2CCC[C@H](Cc3nc(-c4ccccc4C)no3)C2)cc1F. The van der Waals surface area contributed by atoms with Gasteiger partial charge in [0.05, 0.1) is 7.11 Å². The van der Waals surface area contributed by atoms with Crippen molar-refractivity contribution in [2.75, 3.05) is 20.2 Å². The predicted molar refractivity (Wildman–Crippen MR) is 110 cm³/mol. The largest absolute Gasteiger partial charge is 0.494 e. The van der Waals surface area contributed by atoms with Gasteiger partial charge in [-0.05, 0) is 49.4 Å². The summed E-state index contributed by atoms with van der Waals surface area (Å²) >= 11 is 0. The van der Waals surface area contributed by atoms with Gasteiger partial charge >= 0.3 is 0 Å². The van der Waals surface area contributed by atoms with Gasteiger partial charge in [-0.2, -0.15) is 4.98 Å². The summed E-state index contributed by atoms with van der Waals surface area (Å²) in [5.41, 5.74) is 2.37. The van der Waals surface area contributed by atoms with Crippen LogP contribution in [0.15, 0.2) is 47.0 Å². The van der Waals surface area contributed by atoms with Gasteiger partial charge in [-0.3, -0.25) is 4.79 Å². The lowest BCUT2D eigenvalue weighted by Gasteiger charge is -2.32. The number of piperidine rings is 1. The number of ether oxygens (including phenoxy) is 1. The maximum absolute atomic E-state index is 14.0. The summed E-state index contributed by atoms with van der Waals surface area (Å²) in [5, 5.41) is 4.12. The first kappa shape index (κ1) is 20.1. The first-order chi connectivity index (χ1) is 14.5. The first-order valence-electron chi connectivity index (χ1n) is 10.1. The van der Waals surface area contributed by atoms with Crippen LogP contribution in [0.5, 0.6) is 5.75 Å². The van der Waals surface area contributed by atoms with Gasteiger partial charge in [-0.25, -0.2) is 4.39 Å². The molecular weight excluding hydrogens is 385 g/mol. The number of carbonyl (C=O) groups excluding carboxylic acids is 1. The van der Waals surface area contributed by atoms with Gasteiger partial charge in [-0.1, -0.05) is 29.4 Å². The number of amides is 1. The summed E-state index contributed by atoms with van der Waals surface area (Å²) in [5.74, 6) is 0.794. The minimum Gasteiger partial charge on any atom is -0.494 e. The predicted octanol–water partition coefficient (Wildman–Crippen LogP) is 4.29. The van der Waals surface area contributed by atoms with Crippen LogP contribution in [0.2, 0.25) is 0 Å². The summed E-state index contributed by atoms with van der Waals surface area (Å²) in [6.45, 7) is 3.24. The molecule has 0 bridgehead atoms. The van der Waals surface area contributed by atoms with Gasteiger partial charge in [0.2, 0.25) is 11.7 Å². The Balaban J connectivity index is 1.43. The van der Waals surface area contributed by atoms with Crippen molar-refractivity contribution in [3.63, 3.8) is 0 Å². The van der Waals surface area contributed by atoms with Crippen LogP contribution in [0.25, 0.3) is 11.4 Å². The molecule has 1 aromatic heterocycles. The fourth-order valence-electron chi connectivity index (χ4n) is 3.92. The summed E-state index contributed by atoms with van der Waals surface area (Å²) < 4.78 is 24.4. The molecule has 0 unspecified atom stereocenters. The Hall–Kier alpha value is -3.22. The third-order valence-corrected chi connectivity index (χ3v) is 5.52. The first-order valence-corrected chi connectivity index (χ1v) is 10.1. The molecule has 0 spiro atoms. The van der Waals surface area contributed by atoms with Crippen LogP contribution in [0.4, 0.5) is 4.39 Å². The molecule has 1 atom stereocenters. The number of rotatable bonds is 5. The average Bonchev–Trinajstić information content (AvgIpc) is 3.22. The highest BCUT2D eigenvalue weighted by molar-refractivity contribution is 5.94. The van der Waals surface area contributed by atoms with Crippen LogP contribution in [0.3, 0.4) is 0 Å². The Labute approximate surface area is 174 Å². The lowest BCUT2D eigenvalue weighted by Crippen LogP contribution is -2.40. The van der Waals surface area contributed by atoms with Crippen LogP contribution in [-0.4, -0.2) is 41.1 Å². The Kier molecular flexibility index (Phi) is 5.79. The van der Waals surface area contributed by atoms with E-state index in [0.29, 0.717) is 36.8 Å². The summed E-state index contributed by atoms with van der Waals surface area (Å²) in [7, 11) is 1.40. The molecule has 0 N–H and O–H groups in total. The molecule has 6 nitrogen and oxygen atoms in total. The second-order valence-electron chi connectivity index (χ2n) is 7.64. The van der Waals surface area contributed by atoms with E-state index < -0.39 is 5.82 Å². The second kappa shape index (κ2) is 8.65. The van der Waals surface area contributed by atoms with E-state index in [1.54, 1.807) is 11.0 Å². The number of carbonyl (C=O) groups is 1. The molecule has 2 heterocycles. The molecule has 1 fully saturated rings. The molecule has 1 aliphatic rings. The van der Waals surface area contributed by atoms with Crippen LogP contribution >= 0.6 is 0 Å². The van der Waals surface area contributed by atoms with Crippen molar-refractivity contribution in [3.8, 4) is 17.1 Å². The van der Waals surface area contributed by atoms with Crippen LogP contribution in [0, 0.1) is 18.7 Å². The van der Waals surface area contributed by atoms with Gasteiger partial charge in [-0.15, -0.1) is 0 Å². The van der Waals surface area contributed by atoms with E-state index in [4.69, 9.17) is 9.26 Å². The van der Waals surface area contributed by atoms with Gasteiger partial charge < -0.3 is 14.2 Å². The Morgan fingerprint density at radius 2 is 2.13 bits per heavy atom. The van der Waals surface area contributed by atoms with Crippen molar-refractivity contribution >= 4 is 5.91 Å². The molecule has 2 aromatic carbocycles. The molecule has 0 saturated carbocycles. The number of aromatic nitrogens is 2. The van der Waals surface area contributed by atoms with Gasteiger partial charge in [0.15, 0.2) is 11.6 Å². The summed E-state index contributed by atoms with van der Waals surface area (Å²) in [6, 6.07) is 12.2. The van der Waals surface area contributed by atoms with E-state index in [0.717, 1.165) is 24.0 Å². The second-order valence-corrected chi connectivity index (χ2v) is 7.64. The molecule has 4 rings (SSSR count). The lowest BCUT2D eigenvalue weighted by molar-refractivity contribution is 0.0667. The van der Waals surface area contributed by atoms with Crippen molar-refractivity contribution in [2.24, 2.45) is 5.92 Å². The quantitative estimate of drug-likeness (QED) is 0.629. The standard InChI is InChI=1S/C23H24FN3O3/c1-15-6-3-4-8-18(15)22-25-21(30-26-22)12-16-7-5-11-27(14-16)23(28)17-9-10-20(29-2)19(24)13-17/h3-4,6,8-10,13,16H,5,7,11-12,14H2,1-2H3/t16-/m1/s1. The molecule has 7 heteroatoms. The number of methoxy groups -OCH3 is 1. The number of hydrogen-bond acceptors (Lipinski definition) is 5. The molecule has 1 amide bonds. The van der Waals surface area contributed by atoms with E-state index in [9.17, 15) is 9.18 Å². The molecule has 156 valence electrons. The zero-order valence-electron chi connectivity index (χ0n) is 17.1. The molecule has 0 aliphatic carbocycles. The fourth-order valence-corrected chi connectivity index (χ4v) is 3.92. The number of hydrogen-bond donors (Lipinski definition) is 0. The zero-order chi connectivity index (χ0) is 21.1. The highest BCUT2D eigenvalue weighted by Gasteiger charge is 2.27. The van der Waals surface area contributed by atoms with Crippen LogP contribution in [-0.2, 0) is 6.42 Å². The van der Waals surface area contributed by atoms with Crippen LogP contribution < -0.4 is 4.74 Å². The molecule has 30 heavy (non-hydrogen) atoms. The van der Waals surface area contributed by atoms with E-state index in [2.05, 4.69) is 10.1 Å². The highest BCUT2D eigenvalue weighted by Crippen LogP contribution is 2.25. The van der Waals surface area contributed by atoms with Crippen molar-refractivity contribution in [1.29, 1.82) is 0 Å². The lowest BCUT2D eigenvalue weighted by atomic mass is 9.94. The molecule has 3 aromatic rings. The number of aryl methyl sites for hydroxylation is 1. The van der Waals surface area contributed by atoms with Crippen LogP contribution in [0.1, 0.15) is 34.7 Å². The third-order valence-electron chi connectivity index (χ3n) is 5.52. The zero-order valence-corrected chi connectivity index (χ0v) is 17.1. The minimum atomic E-state index is -0.536. The number of benzene rings is 2. The Bertz CT molecular complexity index is 1050.